The summed E-state index contributed by atoms with van der Waals surface area (Å²) in [5.74, 6) is 5.30. The summed E-state index contributed by atoms with van der Waals surface area (Å²) in [7, 11) is 0. The Morgan fingerprint density at radius 3 is 2.52 bits per heavy atom. The van der Waals surface area contributed by atoms with E-state index in [1.54, 1.807) is 12.1 Å². The Morgan fingerprint density at radius 2 is 1.80 bits per heavy atom. The predicted octanol–water partition coefficient (Wildman–Crippen LogP) is 3.03. The number of nitrogens with zero attached hydrogens (tertiary/aromatic N) is 1. The van der Waals surface area contributed by atoms with Crippen LogP contribution in [0.4, 0.5) is 0 Å². The lowest BCUT2D eigenvalue weighted by Gasteiger charge is -2.14. The summed E-state index contributed by atoms with van der Waals surface area (Å²) >= 11 is 0. The summed E-state index contributed by atoms with van der Waals surface area (Å²) in [4.78, 5) is 40.0. The quantitative estimate of drug-likeness (QED) is 0.625. The van der Waals surface area contributed by atoms with Gasteiger partial charge in [-0.3, -0.25) is 9.59 Å². The number of amides is 2. The number of hydrogen-bond donors (Lipinski definition) is 0. The lowest BCUT2D eigenvalue weighted by atomic mass is 9.92. The monoisotopic (exact) mass is 339 g/mol. The zero-order valence-electron chi connectivity index (χ0n) is 14.1. The molecule has 5 nitrogen and oxygen atoms in total. The van der Waals surface area contributed by atoms with Crippen LogP contribution in [0.1, 0.15) is 60.9 Å². The fourth-order valence-corrected chi connectivity index (χ4v) is 3.08. The van der Waals surface area contributed by atoms with Crippen LogP contribution in [-0.2, 0) is 20.8 Å². The topological polar surface area (TPSA) is 63.7 Å². The summed E-state index contributed by atoms with van der Waals surface area (Å²) in [6, 6.07) is 7.09. The molecule has 1 heterocycles. The van der Waals surface area contributed by atoms with Crippen LogP contribution in [0, 0.1) is 17.8 Å². The third-order valence-electron chi connectivity index (χ3n) is 4.51. The molecular formula is C20H21NO4. The summed E-state index contributed by atoms with van der Waals surface area (Å²) in [5, 5.41) is 0.570. The van der Waals surface area contributed by atoms with Gasteiger partial charge in [0.25, 0.3) is 11.8 Å². The normalized spacial score (nSPS) is 20.5. The van der Waals surface area contributed by atoms with Gasteiger partial charge in [-0.25, -0.2) is 4.79 Å². The third-order valence-corrected chi connectivity index (χ3v) is 4.51. The predicted molar refractivity (Wildman–Crippen MR) is 91.0 cm³/mol. The van der Waals surface area contributed by atoms with E-state index >= 15 is 0 Å². The fourth-order valence-electron chi connectivity index (χ4n) is 3.08. The lowest BCUT2D eigenvalue weighted by Crippen LogP contribution is -2.32. The van der Waals surface area contributed by atoms with Gasteiger partial charge in [0.2, 0.25) is 0 Å². The van der Waals surface area contributed by atoms with Crippen molar-refractivity contribution in [2.24, 2.45) is 5.92 Å². The van der Waals surface area contributed by atoms with E-state index < -0.39 is 17.8 Å². The van der Waals surface area contributed by atoms with Crippen molar-refractivity contribution in [2.75, 3.05) is 0 Å². The van der Waals surface area contributed by atoms with E-state index in [9.17, 15) is 14.4 Å². The molecule has 0 N–H and O–H groups in total. The van der Waals surface area contributed by atoms with Gasteiger partial charge in [0.05, 0.1) is 5.56 Å². The van der Waals surface area contributed by atoms with E-state index in [2.05, 4.69) is 11.8 Å². The second-order valence-electron chi connectivity index (χ2n) is 6.48. The van der Waals surface area contributed by atoms with Crippen LogP contribution in [0.25, 0.3) is 0 Å². The van der Waals surface area contributed by atoms with Gasteiger partial charge in [0.1, 0.15) is 0 Å². The van der Waals surface area contributed by atoms with Crippen molar-refractivity contribution >= 4 is 17.8 Å². The highest BCUT2D eigenvalue weighted by Gasteiger charge is 2.33. The molecule has 130 valence electrons. The third kappa shape index (κ3) is 4.48. The first-order valence-electron chi connectivity index (χ1n) is 8.79. The minimum Gasteiger partial charge on any atom is -0.325 e. The fraction of sp³-hybridized carbons (Fsp3) is 0.450. The first kappa shape index (κ1) is 17.2. The van der Waals surface area contributed by atoms with Crippen molar-refractivity contribution in [1.82, 2.24) is 5.06 Å². The van der Waals surface area contributed by atoms with Crippen molar-refractivity contribution in [3.05, 3.63) is 35.4 Å². The zero-order valence-corrected chi connectivity index (χ0v) is 14.1. The highest BCUT2D eigenvalue weighted by Crippen LogP contribution is 2.19. The molecule has 2 aliphatic rings. The van der Waals surface area contributed by atoms with Gasteiger partial charge in [-0.1, -0.05) is 30.9 Å². The molecule has 1 saturated heterocycles. The number of carbonyl (C=O) groups excluding carboxylic acids is 3. The van der Waals surface area contributed by atoms with Crippen molar-refractivity contribution in [3.63, 3.8) is 0 Å². The number of benzene rings is 1. The van der Waals surface area contributed by atoms with Crippen LogP contribution in [0.5, 0.6) is 0 Å². The van der Waals surface area contributed by atoms with Crippen LogP contribution < -0.4 is 0 Å². The molecule has 0 spiro atoms. The van der Waals surface area contributed by atoms with Gasteiger partial charge in [0.15, 0.2) is 0 Å². The Balaban J connectivity index is 1.60. The van der Waals surface area contributed by atoms with Crippen LogP contribution in [0.2, 0.25) is 0 Å². The first-order valence-corrected chi connectivity index (χ1v) is 8.79. The molecule has 0 saturated carbocycles. The van der Waals surface area contributed by atoms with E-state index in [0.29, 0.717) is 16.5 Å². The van der Waals surface area contributed by atoms with E-state index in [1.807, 2.05) is 12.1 Å². The van der Waals surface area contributed by atoms with Gasteiger partial charge in [-0.05, 0) is 37.0 Å². The minimum absolute atomic E-state index is 0.0907. The Labute approximate surface area is 147 Å². The molecule has 1 atom stereocenters. The van der Waals surface area contributed by atoms with Gasteiger partial charge >= 0.3 is 5.97 Å². The smallest absolute Gasteiger partial charge is 0.325 e. The molecule has 0 aromatic heterocycles. The minimum atomic E-state index is -0.694. The van der Waals surface area contributed by atoms with E-state index in [1.165, 1.54) is 19.3 Å². The molecule has 1 aromatic carbocycles. The zero-order chi connectivity index (χ0) is 17.6. The number of rotatable bonds is 4. The summed E-state index contributed by atoms with van der Waals surface area (Å²) in [5.41, 5.74) is 1.43. The number of hydroxylamine groups is 2. The highest BCUT2D eigenvalue weighted by atomic mass is 16.7. The molecule has 1 aliphatic carbocycles. The standard InChI is InChI=1S/C20H21NO4/c22-18-12-13-19(23)21(18)25-20(24)17-10-8-16(9-11-17)14-15-6-4-2-1-3-5-7-15/h8-11,15H,1-4,6,12-14H2. The van der Waals surface area contributed by atoms with Gasteiger partial charge in [0, 0.05) is 25.2 Å². The molecule has 5 heteroatoms. The summed E-state index contributed by atoms with van der Waals surface area (Å²) in [6.45, 7) is 0. The molecular weight excluding hydrogens is 318 g/mol. The lowest BCUT2D eigenvalue weighted by molar-refractivity contribution is -0.172. The maximum atomic E-state index is 12.1. The molecule has 0 bridgehead atoms. The van der Waals surface area contributed by atoms with Gasteiger partial charge in [-0.15, -0.1) is 11.0 Å². The first-order chi connectivity index (χ1) is 12.1. The summed E-state index contributed by atoms with van der Waals surface area (Å²) < 4.78 is 0. The van der Waals surface area contributed by atoms with Crippen LogP contribution >= 0.6 is 0 Å². The Morgan fingerprint density at radius 1 is 1.08 bits per heavy atom. The van der Waals surface area contributed by atoms with Crippen molar-refractivity contribution in [1.29, 1.82) is 0 Å². The Hall–Kier alpha value is -2.61. The van der Waals surface area contributed by atoms with E-state index in [0.717, 1.165) is 24.8 Å². The number of carbonyl (C=O) groups is 3. The maximum Gasteiger partial charge on any atom is 0.363 e. The molecule has 1 fully saturated rings. The molecule has 25 heavy (non-hydrogen) atoms. The average Bonchev–Trinajstić information content (AvgIpc) is 2.90. The van der Waals surface area contributed by atoms with Gasteiger partial charge in [-0.2, -0.15) is 0 Å². The number of hydrogen-bond acceptors (Lipinski definition) is 4. The van der Waals surface area contributed by atoms with Crippen molar-refractivity contribution in [2.45, 2.75) is 51.4 Å². The molecule has 2 amide bonds. The molecule has 1 aliphatic heterocycles. The Bertz CT molecular complexity index is 710. The van der Waals surface area contributed by atoms with Crippen molar-refractivity contribution < 1.29 is 19.2 Å². The Kier molecular flexibility index (Phi) is 5.49. The molecule has 1 aromatic rings. The van der Waals surface area contributed by atoms with Crippen molar-refractivity contribution in [3.8, 4) is 11.8 Å². The number of imide groups is 1. The second kappa shape index (κ2) is 7.98. The molecule has 1 unspecified atom stereocenters. The van der Waals surface area contributed by atoms with Gasteiger partial charge < -0.3 is 4.84 Å². The SMILES string of the molecule is O=C(ON1C(=O)CCC1=O)c1ccc(CC2C#CCCCCC2)cc1. The molecule has 0 radical (unpaired) electrons. The largest absolute Gasteiger partial charge is 0.363 e. The maximum absolute atomic E-state index is 12.1. The van der Waals surface area contributed by atoms with E-state index in [4.69, 9.17) is 4.84 Å². The van der Waals surface area contributed by atoms with Crippen LogP contribution in [0.3, 0.4) is 0 Å². The van der Waals surface area contributed by atoms with Crippen LogP contribution in [0.15, 0.2) is 24.3 Å². The highest BCUT2D eigenvalue weighted by molar-refractivity contribution is 6.02. The average molecular weight is 339 g/mol. The second-order valence-corrected chi connectivity index (χ2v) is 6.48. The molecule has 3 rings (SSSR count). The summed E-state index contributed by atoms with van der Waals surface area (Å²) in [6.07, 6.45) is 6.78. The van der Waals surface area contributed by atoms with E-state index in [-0.39, 0.29) is 12.8 Å². The van der Waals surface area contributed by atoms with Crippen LogP contribution in [-0.4, -0.2) is 22.8 Å².